The van der Waals surface area contributed by atoms with Crippen LogP contribution in [0.5, 0.6) is 5.75 Å². The van der Waals surface area contributed by atoms with Gasteiger partial charge in [0.15, 0.2) is 5.75 Å². The Morgan fingerprint density at radius 2 is 1.72 bits per heavy atom. The van der Waals surface area contributed by atoms with Crippen LogP contribution in [0.4, 0.5) is 0 Å². The number of aromatic hydroxyl groups is 1. The summed E-state index contributed by atoms with van der Waals surface area (Å²) in [5.74, 6) is -5.89. The van der Waals surface area contributed by atoms with Crippen LogP contribution >= 0.6 is 23.2 Å². The van der Waals surface area contributed by atoms with Crippen LogP contribution in [0.1, 0.15) is 29.6 Å². The van der Waals surface area contributed by atoms with Gasteiger partial charge in [-0.05, 0) is 31.4 Å². The SMILES string of the molecule is N[C@H](C(=O)O)[C@H](O)[C@]1(C(=O)O)CC[C@@H](C[C@H](NC(=O)c2cc(Cl)c(O)c(Cl)c2)C(=O)O)N1. The van der Waals surface area contributed by atoms with Gasteiger partial charge in [-0.3, -0.25) is 19.7 Å². The first kappa shape index (κ1) is 25.6. The zero-order chi connectivity index (χ0) is 24.4. The Kier molecular flexibility index (Phi) is 7.91. The highest BCUT2D eigenvalue weighted by atomic mass is 35.5. The van der Waals surface area contributed by atoms with Crippen molar-refractivity contribution in [3.63, 3.8) is 0 Å². The maximum Gasteiger partial charge on any atom is 0.326 e. The van der Waals surface area contributed by atoms with Gasteiger partial charge in [0.25, 0.3) is 5.91 Å². The van der Waals surface area contributed by atoms with Crippen LogP contribution in [0.15, 0.2) is 12.1 Å². The van der Waals surface area contributed by atoms with Crippen molar-refractivity contribution in [1.82, 2.24) is 10.6 Å². The molecule has 0 bridgehead atoms. The van der Waals surface area contributed by atoms with Gasteiger partial charge in [0.2, 0.25) is 0 Å². The Bertz CT molecular complexity index is 921. The fraction of sp³-hybridized carbons (Fsp3) is 0.444. The third kappa shape index (κ3) is 5.22. The number of carboxylic acid groups (broad SMARTS) is 3. The predicted octanol–water partition coefficient (Wildman–Crippen LogP) is -0.380. The first-order valence-corrected chi connectivity index (χ1v) is 9.95. The Balaban J connectivity index is 2.17. The molecule has 9 N–H and O–H groups in total. The highest BCUT2D eigenvalue weighted by Gasteiger charge is 2.54. The average molecular weight is 494 g/mol. The number of hydrogen-bond acceptors (Lipinski definition) is 8. The number of benzene rings is 1. The second-order valence-electron chi connectivity index (χ2n) is 7.35. The number of nitrogens with two attached hydrogens (primary N) is 1. The molecule has 14 heteroatoms. The van der Waals surface area contributed by atoms with Crippen molar-refractivity contribution in [2.45, 2.75) is 49.0 Å². The van der Waals surface area contributed by atoms with Crippen LogP contribution < -0.4 is 16.4 Å². The maximum absolute atomic E-state index is 12.4. The number of aliphatic hydroxyl groups is 1. The lowest BCUT2D eigenvalue weighted by Crippen LogP contribution is -2.65. The van der Waals surface area contributed by atoms with Crippen molar-refractivity contribution in [2.75, 3.05) is 0 Å². The fourth-order valence-corrected chi connectivity index (χ4v) is 3.99. The number of amides is 1. The minimum Gasteiger partial charge on any atom is -0.505 e. The van der Waals surface area contributed by atoms with E-state index in [-0.39, 0.29) is 34.9 Å². The molecule has 0 saturated carbocycles. The molecule has 32 heavy (non-hydrogen) atoms. The number of nitrogens with one attached hydrogen (secondary N) is 2. The van der Waals surface area contributed by atoms with E-state index in [0.29, 0.717) is 0 Å². The first-order chi connectivity index (χ1) is 14.8. The third-order valence-electron chi connectivity index (χ3n) is 5.26. The topological polar surface area (TPSA) is 220 Å². The van der Waals surface area contributed by atoms with Crippen LogP contribution in [0.25, 0.3) is 0 Å². The number of phenols is 1. The van der Waals surface area contributed by atoms with E-state index in [4.69, 9.17) is 34.0 Å². The van der Waals surface area contributed by atoms with Gasteiger partial charge in [-0.1, -0.05) is 23.2 Å². The lowest BCUT2D eigenvalue weighted by atomic mass is 9.86. The molecule has 0 radical (unpaired) electrons. The summed E-state index contributed by atoms with van der Waals surface area (Å²) in [7, 11) is 0. The Morgan fingerprint density at radius 3 is 2.19 bits per heavy atom. The van der Waals surface area contributed by atoms with Gasteiger partial charge in [-0.15, -0.1) is 0 Å². The Labute approximate surface area is 190 Å². The number of halogens is 2. The molecule has 1 saturated heterocycles. The van der Waals surface area contributed by atoms with Crippen molar-refractivity contribution in [3.05, 3.63) is 27.7 Å². The van der Waals surface area contributed by atoms with Gasteiger partial charge < -0.3 is 36.6 Å². The molecular weight excluding hydrogens is 473 g/mol. The molecule has 0 aliphatic carbocycles. The number of carboxylic acids is 3. The molecule has 1 aromatic rings. The van der Waals surface area contributed by atoms with Gasteiger partial charge in [0.1, 0.15) is 23.7 Å². The van der Waals surface area contributed by atoms with Crippen LogP contribution in [0.2, 0.25) is 10.0 Å². The molecule has 12 nitrogen and oxygen atoms in total. The first-order valence-electron chi connectivity index (χ1n) is 9.19. The van der Waals surface area contributed by atoms with Crippen molar-refractivity contribution in [2.24, 2.45) is 5.73 Å². The van der Waals surface area contributed by atoms with Gasteiger partial charge in [0.05, 0.1) is 10.0 Å². The van der Waals surface area contributed by atoms with Crippen molar-refractivity contribution >= 4 is 47.0 Å². The lowest BCUT2D eigenvalue weighted by molar-refractivity contribution is -0.153. The molecule has 5 atom stereocenters. The van der Waals surface area contributed by atoms with E-state index in [9.17, 15) is 39.6 Å². The summed E-state index contributed by atoms with van der Waals surface area (Å²) in [6.45, 7) is 0. The van der Waals surface area contributed by atoms with E-state index < -0.39 is 59.3 Å². The summed E-state index contributed by atoms with van der Waals surface area (Å²) in [4.78, 5) is 47.0. The highest BCUT2D eigenvalue weighted by Crippen LogP contribution is 2.33. The number of phenolic OH excluding ortho intramolecular Hbond substituents is 1. The molecular formula is C18H21Cl2N3O9. The van der Waals surface area contributed by atoms with Crippen LogP contribution in [-0.4, -0.2) is 79.1 Å². The van der Waals surface area contributed by atoms with E-state index in [2.05, 4.69) is 10.6 Å². The maximum atomic E-state index is 12.4. The van der Waals surface area contributed by atoms with Crippen LogP contribution in [0, 0.1) is 0 Å². The molecule has 0 aromatic heterocycles. The van der Waals surface area contributed by atoms with Gasteiger partial charge in [0, 0.05) is 11.6 Å². The number of carbonyl (C=O) groups is 4. The van der Waals surface area contributed by atoms with Crippen molar-refractivity contribution in [1.29, 1.82) is 0 Å². The molecule has 2 rings (SSSR count). The van der Waals surface area contributed by atoms with E-state index in [1.165, 1.54) is 0 Å². The number of rotatable bonds is 9. The Hall–Kier alpha value is -2.64. The minimum absolute atomic E-state index is 0.0617. The lowest BCUT2D eigenvalue weighted by Gasteiger charge is -2.33. The molecule has 1 aliphatic rings. The molecule has 0 spiro atoms. The van der Waals surface area contributed by atoms with Crippen molar-refractivity contribution < 1.29 is 44.7 Å². The van der Waals surface area contributed by atoms with Crippen LogP contribution in [0.3, 0.4) is 0 Å². The number of carbonyl (C=O) groups excluding carboxylic acids is 1. The van der Waals surface area contributed by atoms with Crippen LogP contribution in [-0.2, 0) is 14.4 Å². The highest BCUT2D eigenvalue weighted by molar-refractivity contribution is 6.37. The molecule has 1 amide bonds. The van der Waals surface area contributed by atoms with E-state index >= 15 is 0 Å². The van der Waals surface area contributed by atoms with Crippen molar-refractivity contribution in [3.8, 4) is 5.75 Å². The summed E-state index contributed by atoms with van der Waals surface area (Å²) in [5, 5.41) is 52.3. The summed E-state index contributed by atoms with van der Waals surface area (Å²) >= 11 is 11.5. The monoisotopic (exact) mass is 493 g/mol. The number of hydrogen-bond donors (Lipinski definition) is 8. The molecule has 1 heterocycles. The molecule has 1 aromatic carbocycles. The minimum atomic E-state index is -2.10. The van der Waals surface area contributed by atoms with E-state index in [0.717, 1.165) is 12.1 Å². The van der Waals surface area contributed by atoms with E-state index in [1.807, 2.05) is 0 Å². The standard InChI is InChI=1S/C18H21Cl2N3O9/c19-8-3-6(4-9(20)12(8)24)14(26)22-10(15(27)28)5-7-1-2-18(23-7,17(31)32)13(25)11(21)16(29)30/h3-4,7,10-11,13,23-25H,1-2,5,21H2,(H,22,26)(H,27,28)(H,29,30)(H,31,32)/t7-,10-,11-,13-,18-/m0/s1. The number of aliphatic hydroxyl groups excluding tert-OH is 1. The van der Waals surface area contributed by atoms with Gasteiger partial charge in [-0.2, -0.15) is 0 Å². The zero-order valence-electron chi connectivity index (χ0n) is 16.3. The Morgan fingerprint density at radius 1 is 1.16 bits per heavy atom. The summed E-state index contributed by atoms with van der Waals surface area (Å²) < 4.78 is 0. The average Bonchev–Trinajstić information content (AvgIpc) is 3.15. The normalized spacial score (nSPS) is 23.2. The third-order valence-corrected chi connectivity index (χ3v) is 5.84. The number of aliphatic carboxylic acids is 3. The fourth-order valence-electron chi connectivity index (χ4n) is 3.50. The smallest absolute Gasteiger partial charge is 0.326 e. The zero-order valence-corrected chi connectivity index (χ0v) is 17.8. The summed E-state index contributed by atoms with van der Waals surface area (Å²) in [6.07, 6.45) is -2.45. The molecule has 1 fully saturated rings. The second kappa shape index (κ2) is 9.88. The van der Waals surface area contributed by atoms with Gasteiger partial charge in [-0.25, -0.2) is 4.79 Å². The summed E-state index contributed by atoms with van der Waals surface area (Å²) in [6, 6.07) is -2.01. The second-order valence-corrected chi connectivity index (χ2v) is 8.17. The molecule has 176 valence electrons. The summed E-state index contributed by atoms with van der Waals surface area (Å²) in [5.41, 5.74) is 3.16. The van der Waals surface area contributed by atoms with E-state index in [1.54, 1.807) is 0 Å². The quantitative estimate of drug-likeness (QED) is 0.221. The molecule has 1 aliphatic heterocycles. The molecule has 0 unspecified atom stereocenters. The largest absolute Gasteiger partial charge is 0.505 e. The van der Waals surface area contributed by atoms with Gasteiger partial charge >= 0.3 is 17.9 Å². The predicted molar refractivity (Wildman–Crippen MR) is 110 cm³/mol.